The second kappa shape index (κ2) is 6.95. The first-order valence-electron chi connectivity index (χ1n) is 8.16. The molecule has 26 heavy (non-hydrogen) atoms. The van der Waals surface area contributed by atoms with E-state index in [-0.39, 0.29) is 36.4 Å². The quantitative estimate of drug-likeness (QED) is 0.866. The molecule has 0 aliphatic carbocycles. The molecule has 2 amide bonds. The first kappa shape index (κ1) is 18.2. The van der Waals surface area contributed by atoms with Gasteiger partial charge in [-0.05, 0) is 24.4 Å². The zero-order valence-corrected chi connectivity index (χ0v) is 15.6. The van der Waals surface area contributed by atoms with Crippen LogP contribution in [-0.4, -0.2) is 46.8 Å². The SMILES string of the molecule is Cc1oc(CN(C)C(=O)[C@@H]2CC(=O)N(C)[C@@H]2c2cccs2)cc1C(=O)O. The number of carbonyl (C=O) groups excluding carboxylic acids is 2. The number of thiophene rings is 1. The Kier molecular flexibility index (Phi) is 4.86. The van der Waals surface area contributed by atoms with E-state index in [1.165, 1.54) is 22.3 Å². The van der Waals surface area contributed by atoms with Crippen LogP contribution >= 0.6 is 11.3 Å². The number of nitrogens with zero attached hydrogens (tertiary/aromatic N) is 2. The van der Waals surface area contributed by atoms with E-state index in [1.54, 1.807) is 25.9 Å². The second-order valence-corrected chi connectivity index (χ2v) is 7.44. The molecule has 138 valence electrons. The molecule has 2 aromatic rings. The van der Waals surface area contributed by atoms with Gasteiger partial charge in [0.05, 0.1) is 18.5 Å². The summed E-state index contributed by atoms with van der Waals surface area (Å²) in [4.78, 5) is 40.4. The number of amides is 2. The number of likely N-dealkylation sites (tertiary alicyclic amines) is 1. The Bertz CT molecular complexity index is 842. The van der Waals surface area contributed by atoms with Gasteiger partial charge < -0.3 is 19.3 Å². The number of carbonyl (C=O) groups is 3. The summed E-state index contributed by atoms with van der Waals surface area (Å²) in [5.41, 5.74) is 0.0908. The topological polar surface area (TPSA) is 91.1 Å². The van der Waals surface area contributed by atoms with Crippen LogP contribution in [0, 0.1) is 12.8 Å². The van der Waals surface area contributed by atoms with Crippen molar-refractivity contribution >= 4 is 29.1 Å². The summed E-state index contributed by atoms with van der Waals surface area (Å²) in [5.74, 6) is -1.04. The van der Waals surface area contributed by atoms with Crippen molar-refractivity contribution in [2.75, 3.05) is 14.1 Å². The van der Waals surface area contributed by atoms with Crippen LogP contribution in [0.5, 0.6) is 0 Å². The average molecular weight is 376 g/mol. The summed E-state index contributed by atoms with van der Waals surface area (Å²) in [6.45, 7) is 1.73. The van der Waals surface area contributed by atoms with Gasteiger partial charge in [-0.15, -0.1) is 11.3 Å². The Morgan fingerprint density at radius 1 is 1.46 bits per heavy atom. The number of carboxylic acids is 1. The van der Waals surface area contributed by atoms with Crippen molar-refractivity contribution in [2.45, 2.75) is 25.9 Å². The summed E-state index contributed by atoms with van der Waals surface area (Å²) >= 11 is 1.52. The van der Waals surface area contributed by atoms with E-state index < -0.39 is 11.9 Å². The lowest BCUT2D eigenvalue weighted by Crippen LogP contribution is -2.35. The first-order chi connectivity index (χ1) is 12.3. The standard InChI is InChI=1S/C18H20N2O5S/c1-10-12(18(23)24)7-11(25-10)9-19(2)17(22)13-8-15(21)20(3)16(13)14-5-4-6-26-14/h4-7,13,16H,8-9H2,1-3H3,(H,23,24)/t13-,16+/m1/s1. The average Bonchev–Trinajstić information content (AvgIpc) is 3.28. The van der Waals surface area contributed by atoms with Crippen LogP contribution < -0.4 is 0 Å². The molecule has 0 radical (unpaired) electrons. The molecule has 0 saturated carbocycles. The third-order valence-corrected chi connectivity index (χ3v) is 5.65. The molecule has 1 fully saturated rings. The molecule has 7 nitrogen and oxygen atoms in total. The van der Waals surface area contributed by atoms with Crippen molar-refractivity contribution < 1.29 is 23.9 Å². The Morgan fingerprint density at radius 2 is 2.19 bits per heavy atom. The summed E-state index contributed by atoms with van der Waals surface area (Å²) in [6.07, 6.45) is 0.166. The zero-order valence-electron chi connectivity index (χ0n) is 14.8. The van der Waals surface area contributed by atoms with Gasteiger partial charge in [0.1, 0.15) is 17.1 Å². The molecule has 1 aliphatic rings. The molecule has 8 heteroatoms. The van der Waals surface area contributed by atoms with Crippen LogP contribution in [-0.2, 0) is 16.1 Å². The second-order valence-electron chi connectivity index (χ2n) is 6.46. The van der Waals surface area contributed by atoms with E-state index in [0.29, 0.717) is 11.5 Å². The Morgan fingerprint density at radius 3 is 2.77 bits per heavy atom. The van der Waals surface area contributed by atoms with Gasteiger partial charge in [0.25, 0.3) is 0 Å². The Labute approximate surface area is 154 Å². The molecular weight excluding hydrogens is 356 g/mol. The predicted octanol–water partition coefficient (Wildman–Crippen LogP) is 2.53. The van der Waals surface area contributed by atoms with Gasteiger partial charge >= 0.3 is 5.97 Å². The van der Waals surface area contributed by atoms with Crippen molar-refractivity contribution in [1.82, 2.24) is 9.80 Å². The van der Waals surface area contributed by atoms with Gasteiger partial charge in [-0.3, -0.25) is 9.59 Å². The molecule has 2 aromatic heterocycles. The molecule has 3 heterocycles. The largest absolute Gasteiger partial charge is 0.478 e. The van der Waals surface area contributed by atoms with Crippen LogP contribution in [0.25, 0.3) is 0 Å². The molecule has 0 unspecified atom stereocenters. The maximum atomic E-state index is 13.0. The lowest BCUT2D eigenvalue weighted by atomic mass is 9.97. The number of furan rings is 1. The lowest BCUT2D eigenvalue weighted by molar-refractivity contribution is -0.136. The Hall–Kier alpha value is -2.61. The van der Waals surface area contributed by atoms with Crippen LogP contribution in [0.15, 0.2) is 28.0 Å². The van der Waals surface area contributed by atoms with Crippen molar-refractivity contribution in [3.8, 4) is 0 Å². The third-order valence-electron chi connectivity index (χ3n) is 4.71. The van der Waals surface area contributed by atoms with Gasteiger partial charge in [0, 0.05) is 25.4 Å². The summed E-state index contributed by atoms with van der Waals surface area (Å²) in [6, 6.07) is 5.00. The van der Waals surface area contributed by atoms with Crippen molar-refractivity contribution in [3.05, 3.63) is 45.5 Å². The monoisotopic (exact) mass is 376 g/mol. The maximum absolute atomic E-state index is 13.0. The smallest absolute Gasteiger partial charge is 0.339 e. The molecule has 1 N–H and O–H groups in total. The highest BCUT2D eigenvalue weighted by atomic mass is 32.1. The fourth-order valence-electron chi connectivity index (χ4n) is 3.37. The fraction of sp³-hybridized carbons (Fsp3) is 0.389. The molecule has 1 aliphatic heterocycles. The van der Waals surface area contributed by atoms with Gasteiger partial charge in [-0.2, -0.15) is 0 Å². The van der Waals surface area contributed by atoms with E-state index in [1.807, 2.05) is 17.5 Å². The van der Waals surface area contributed by atoms with Crippen LogP contribution in [0.1, 0.15) is 39.2 Å². The summed E-state index contributed by atoms with van der Waals surface area (Å²) in [7, 11) is 3.35. The highest BCUT2D eigenvalue weighted by Crippen LogP contribution is 2.40. The lowest BCUT2D eigenvalue weighted by Gasteiger charge is -2.26. The molecule has 0 bridgehead atoms. The number of hydrogen-bond donors (Lipinski definition) is 1. The minimum atomic E-state index is -1.06. The first-order valence-corrected chi connectivity index (χ1v) is 9.04. The van der Waals surface area contributed by atoms with E-state index >= 15 is 0 Å². The number of carboxylic acid groups (broad SMARTS) is 1. The number of aromatic carboxylic acids is 1. The van der Waals surface area contributed by atoms with Gasteiger partial charge in [-0.1, -0.05) is 6.07 Å². The molecule has 1 saturated heterocycles. The molecule has 2 atom stereocenters. The Balaban J connectivity index is 1.78. The highest BCUT2D eigenvalue weighted by Gasteiger charge is 2.44. The van der Waals surface area contributed by atoms with Crippen molar-refractivity contribution in [1.29, 1.82) is 0 Å². The van der Waals surface area contributed by atoms with Crippen LogP contribution in [0.3, 0.4) is 0 Å². The van der Waals surface area contributed by atoms with Crippen LogP contribution in [0.4, 0.5) is 0 Å². The third kappa shape index (κ3) is 3.24. The zero-order chi connectivity index (χ0) is 19.0. The van der Waals surface area contributed by atoms with E-state index in [4.69, 9.17) is 9.52 Å². The van der Waals surface area contributed by atoms with Crippen LogP contribution in [0.2, 0.25) is 0 Å². The molecule has 3 rings (SSSR count). The van der Waals surface area contributed by atoms with Gasteiger partial charge in [0.2, 0.25) is 11.8 Å². The van der Waals surface area contributed by atoms with E-state index in [2.05, 4.69) is 0 Å². The summed E-state index contributed by atoms with van der Waals surface area (Å²) in [5, 5.41) is 11.0. The predicted molar refractivity (Wildman–Crippen MR) is 94.8 cm³/mol. The van der Waals surface area contributed by atoms with Gasteiger partial charge in [0.15, 0.2) is 0 Å². The van der Waals surface area contributed by atoms with Crippen molar-refractivity contribution in [2.24, 2.45) is 5.92 Å². The number of hydrogen-bond acceptors (Lipinski definition) is 5. The van der Waals surface area contributed by atoms with E-state index in [9.17, 15) is 14.4 Å². The fourth-order valence-corrected chi connectivity index (χ4v) is 4.30. The van der Waals surface area contributed by atoms with Crippen molar-refractivity contribution in [3.63, 3.8) is 0 Å². The van der Waals surface area contributed by atoms with E-state index in [0.717, 1.165) is 4.88 Å². The highest BCUT2D eigenvalue weighted by molar-refractivity contribution is 7.10. The minimum Gasteiger partial charge on any atom is -0.478 e. The number of rotatable bonds is 5. The number of aryl methyl sites for hydroxylation is 1. The maximum Gasteiger partial charge on any atom is 0.339 e. The summed E-state index contributed by atoms with van der Waals surface area (Å²) < 4.78 is 5.45. The van der Waals surface area contributed by atoms with Gasteiger partial charge in [-0.25, -0.2) is 4.79 Å². The molecule has 0 spiro atoms. The molecule has 0 aromatic carbocycles. The minimum absolute atomic E-state index is 0.0582. The normalized spacial score (nSPS) is 19.8. The molecular formula is C18H20N2O5S.